The van der Waals surface area contributed by atoms with Gasteiger partial charge in [0.15, 0.2) is 0 Å². The maximum absolute atomic E-state index is 5.40. The molecular formula is C14H21NO2. The Labute approximate surface area is 103 Å². The molecule has 0 saturated heterocycles. The number of hydrogen-bond acceptors (Lipinski definition) is 3. The van der Waals surface area contributed by atoms with Crippen LogP contribution in [0, 0.1) is 0 Å². The third-order valence-electron chi connectivity index (χ3n) is 2.65. The van der Waals surface area contributed by atoms with Crippen molar-refractivity contribution in [1.82, 2.24) is 5.32 Å². The number of nitrogens with one attached hydrogen (secondary N) is 1. The average Bonchev–Trinajstić information content (AvgIpc) is 2.35. The van der Waals surface area contributed by atoms with Gasteiger partial charge in [-0.1, -0.05) is 19.1 Å². The summed E-state index contributed by atoms with van der Waals surface area (Å²) in [6, 6.07) is 5.95. The van der Waals surface area contributed by atoms with Gasteiger partial charge in [-0.05, 0) is 25.6 Å². The maximum atomic E-state index is 5.40. The molecule has 1 atom stereocenters. The van der Waals surface area contributed by atoms with E-state index in [-0.39, 0.29) is 6.04 Å². The number of benzene rings is 1. The molecule has 94 valence electrons. The zero-order valence-corrected chi connectivity index (χ0v) is 11.0. The smallest absolute Gasteiger partial charge is 0.127 e. The minimum atomic E-state index is 0.112. The van der Waals surface area contributed by atoms with Crippen molar-refractivity contribution in [3.63, 3.8) is 0 Å². The predicted molar refractivity (Wildman–Crippen MR) is 70.8 cm³/mol. The van der Waals surface area contributed by atoms with Gasteiger partial charge < -0.3 is 14.8 Å². The molecule has 0 fully saturated rings. The molecule has 1 N–H and O–H groups in total. The van der Waals surface area contributed by atoms with Gasteiger partial charge in [-0.15, -0.1) is 0 Å². The van der Waals surface area contributed by atoms with Gasteiger partial charge in [0.2, 0.25) is 0 Å². The minimum Gasteiger partial charge on any atom is -0.497 e. The van der Waals surface area contributed by atoms with Crippen LogP contribution in [0.15, 0.2) is 30.4 Å². The molecular weight excluding hydrogens is 214 g/mol. The monoisotopic (exact) mass is 235 g/mol. The third kappa shape index (κ3) is 3.24. The first-order chi connectivity index (χ1) is 8.13. The molecule has 0 heterocycles. The highest BCUT2D eigenvalue weighted by Crippen LogP contribution is 2.32. The lowest BCUT2D eigenvalue weighted by Crippen LogP contribution is -2.22. The standard InChI is InChI=1S/C14H21NO2/c1-6-15-14(10(2)3)12-8-7-11(16-4)9-13(12)17-5/h7-9,14-15H,2,6H2,1,3-5H3. The van der Waals surface area contributed by atoms with Gasteiger partial charge in [0.05, 0.1) is 20.3 Å². The van der Waals surface area contributed by atoms with Gasteiger partial charge in [0, 0.05) is 11.6 Å². The van der Waals surface area contributed by atoms with Crippen molar-refractivity contribution in [3.8, 4) is 11.5 Å². The van der Waals surface area contributed by atoms with E-state index >= 15 is 0 Å². The van der Waals surface area contributed by atoms with Crippen molar-refractivity contribution in [1.29, 1.82) is 0 Å². The van der Waals surface area contributed by atoms with Crippen LogP contribution < -0.4 is 14.8 Å². The Kier molecular flexibility index (Phi) is 5.04. The molecule has 0 saturated carbocycles. The van der Waals surface area contributed by atoms with Gasteiger partial charge in [-0.2, -0.15) is 0 Å². The van der Waals surface area contributed by atoms with Crippen molar-refractivity contribution in [2.45, 2.75) is 19.9 Å². The molecule has 0 bridgehead atoms. The van der Waals surface area contributed by atoms with Gasteiger partial charge in [0.1, 0.15) is 11.5 Å². The lowest BCUT2D eigenvalue weighted by Gasteiger charge is -2.21. The molecule has 0 aliphatic heterocycles. The molecule has 1 unspecified atom stereocenters. The largest absolute Gasteiger partial charge is 0.497 e. The van der Waals surface area contributed by atoms with Crippen LogP contribution in [-0.4, -0.2) is 20.8 Å². The number of likely N-dealkylation sites (N-methyl/N-ethyl adjacent to an activating group) is 1. The van der Waals surface area contributed by atoms with Crippen LogP contribution in [0.1, 0.15) is 25.5 Å². The van der Waals surface area contributed by atoms with E-state index in [1.165, 1.54) is 0 Å². The van der Waals surface area contributed by atoms with Crippen molar-refractivity contribution in [2.75, 3.05) is 20.8 Å². The van der Waals surface area contributed by atoms with Crippen LogP contribution in [0.2, 0.25) is 0 Å². The first kappa shape index (κ1) is 13.6. The Morgan fingerprint density at radius 2 is 2.06 bits per heavy atom. The summed E-state index contributed by atoms with van der Waals surface area (Å²) in [5.41, 5.74) is 2.15. The second-order valence-corrected chi connectivity index (χ2v) is 3.94. The summed E-state index contributed by atoms with van der Waals surface area (Å²) >= 11 is 0. The predicted octanol–water partition coefficient (Wildman–Crippen LogP) is 2.93. The topological polar surface area (TPSA) is 30.5 Å². The van der Waals surface area contributed by atoms with Gasteiger partial charge in [0.25, 0.3) is 0 Å². The Balaban J connectivity index is 3.13. The molecule has 3 heteroatoms. The zero-order chi connectivity index (χ0) is 12.8. The zero-order valence-electron chi connectivity index (χ0n) is 11.0. The fourth-order valence-corrected chi connectivity index (χ4v) is 1.81. The van der Waals surface area contributed by atoms with Crippen LogP contribution in [0.4, 0.5) is 0 Å². The van der Waals surface area contributed by atoms with Crippen molar-refractivity contribution in [2.24, 2.45) is 0 Å². The molecule has 1 aromatic carbocycles. The van der Waals surface area contributed by atoms with Crippen LogP contribution in [-0.2, 0) is 0 Å². The summed E-state index contributed by atoms with van der Waals surface area (Å²) in [6.45, 7) is 8.99. The van der Waals surface area contributed by atoms with E-state index in [1.54, 1.807) is 14.2 Å². The third-order valence-corrected chi connectivity index (χ3v) is 2.65. The van der Waals surface area contributed by atoms with E-state index in [0.717, 1.165) is 29.2 Å². The highest BCUT2D eigenvalue weighted by Gasteiger charge is 2.16. The normalized spacial score (nSPS) is 12.0. The fourth-order valence-electron chi connectivity index (χ4n) is 1.81. The Morgan fingerprint density at radius 1 is 1.35 bits per heavy atom. The van der Waals surface area contributed by atoms with Crippen LogP contribution >= 0.6 is 0 Å². The lowest BCUT2D eigenvalue weighted by atomic mass is 9.99. The molecule has 0 aliphatic rings. The summed E-state index contributed by atoms with van der Waals surface area (Å²) in [5.74, 6) is 1.61. The second-order valence-electron chi connectivity index (χ2n) is 3.94. The lowest BCUT2D eigenvalue weighted by molar-refractivity contribution is 0.387. The molecule has 0 radical (unpaired) electrons. The van der Waals surface area contributed by atoms with Gasteiger partial charge in [-0.25, -0.2) is 0 Å². The summed E-state index contributed by atoms with van der Waals surface area (Å²) in [6.07, 6.45) is 0. The van der Waals surface area contributed by atoms with Crippen molar-refractivity contribution >= 4 is 0 Å². The number of hydrogen-bond donors (Lipinski definition) is 1. The molecule has 1 rings (SSSR count). The van der Waals surface area contributed by atoms with Crippen LogP contribution in [0.3, 0.4) is 0 Å². The number of rotatable bonds is 6. The SMILES string of the molecule is C=C(C)C(NCC)c1ccc(OC)cc1OC. The quantitative estimate of drug-likeness (QED) is 0.769. The average molecular weight is 235 g/mol. The summed E-state index contributed by atoms with van der Waals surface area (Å²) < 4.78 is 10.6. The van der Waals surface area contributed by atoms with Gasteiger partial charge in [-0.3, -0.25) is 0 Å². The summed E-state index contributed by atoms with van der Waals surface area (Å²) in [7, 11) is 3.31. The van der Waals surface area contributed by atoms with Crippen molar-refractivity contribution in [3.05, 3.63) is 35.9 Å². The van der Waals surface area contributed by atoms with E-state index in [0.29, 0.717) is 0 Å². The molecule has 0 amide bonds. The van der Waals surface area contributed by atoms with E-state index in [4.69, 9.17) is 9.47 Å². The highest BCUT2D eigenvalue weighted by molar-refractivity contribution is 5.44. The van der Waals surface area contributed by atoms with E-state index in [1.807, 2.05) is 25.1 Å². The summed E-state index contributed by atoms with van der Waals surface area (Å²) in [5, 5.41) is 3.39. The maximum Gasteiger partial charge on any atom is 0.127 e. The highest BCUT2D eigenvalue weighted by atomic mass is 16.5. The van der Waals surface area contributed by atoms with Crippen LogP contribution in [0.25, 0.3) is 0 Å². The Hall–Kier alpha value is -1.48. The van der Waals surface area contributed by atoms with Crippen LogP contribution in [0.5, 0.6) is 11.5 Å². The number of methoxy groups -OCH3 is 2. The van der Waals surface area contributed by atoms with E-state index in [2.05, 4.69) is 18.8 Å². The Bertz CT molecular complexity index is 388. The van der Waals surface area contributed by atoms with E-state index < -0.39 is 0 Å². The fraction of sp³-hybridized carbons (Fsp3) is 0.429. The van der Waals surface area contributed by atoms with E-state index in [9.17, 15) is 0 Å². The molecule has 0 spiro atoms. The Morgan fingerprint density at radius 3 is 2.53 bits per heavy atom. The first-order valence-electron chi connectivity index (χ1n) is 5.74. The minimum absolute atomic E-state index is 0.112. The first-order valence-corrected chi connectivity index (χ1v) is 5.74. The molecule has 17 heavy (non-hydrogen) atoms. The molecule has 1 aromatic rings. The molecule has 3 nitrogen and oxygen atoms in total. The number of ether oxygens (including phenoxy) is 2. The second kappa shape index (κ2) is 6.30. The van der Waals surface area contributed by atoms with Gasteiger partial charge >= 0.3 is 0 Å². The molecule has 0 aliphatic carbocycles. The molecule has 0 aromatic heterocycles. The summed E-state index contributed by atoms with van der Waals surface area (Å²) in [4.78, 5) is 0. The van der Waals surface area contributed by atoms with Crippen molar-refractivity contribution < 1.29 is 9.47 Å².